The molecule has 3 heterocycles. The Bertz CT molecular complexity index is 827. The Hall–Kier alpha value is -2.67. The normalized spacial score (nSPS) is 17.1. The van der Waals surface area contributed by atoms with E-state index in [2.05, 4.69) is 16.3 Å². The number of hydrogen-bond acceptors (Lipinski definition) is 5. The van der Waals surface area contributed by atoms with Gasteiger partial charge in [0.05, 0.1) is 13.0 Å². The predicted octanol–water partition coefficient (Wildman–Crippen LogP) is 1.37. The van der Waals surface area contributed by atoms with Crippen LogP contribution in [-0.2, 0) is 29.1 Å². The van der Waals surface area contributed by atoms with Gasteiger partial charge in [0, 0.05) is 19.6 Å². The summed E-state index contributed by atoms with van der Waals surface area (Å²) >= 11 is 0. The molecule has 1 N–H and O–H groups in total. The zero-order valence-corrected chi connectivity index (χ0v) is 13.9. The summed E-state index contributed by atoms with van der Waals surface area (Å²) in [5.41, 5.74) is 2.02. The summed E-state index contributed by atoms with van der Waals surface area (Å²) in [7, 11) is 0. The van der Waals surface area contributed by atoms with Crippen molar-refractivity contribution in [1.82, 2.24) is 19.7 Å². The fourth-order valence-corrected chi connectivity index (χ4v) is 3.31. The lowest BCUT2D eigenvalue weighted by atomic mass is 10.0. The molecule has 0 saturated heterocycles. The Morgan fingerprint density at radius 2 is 2.20 bits per heavy atom. The highest BCUT2D eigenvalue weighted by atomic mass is 16.5. The molecule has 2 aromatic rings. The van der Waals surface area contributed by atoms with Gasteiger partial charge in [0.15, 0.2) is 5.82 Å². The minimum Gasteiger partial charge on any atom is -0.508 e. The summed E-state index contributed by atoms with van der Waals surface area (Å²) in [6, 6.07) is 7.15. The van der Waals surface area contributed by atoms with Crippen LogP contribution in [0, 0.1) is 0 Å². The number of carbonyl (C=O) groups is 1. The zero-order valence-electron chi connectivity index (χ0n) is 13.9. The Labute approximate surface area is 145 Å². The third kappa shape index (κ3) is 3.28. The molecule has 1 aromatic carbocycles. The average Bonchev–Trinajstić information content (AvgIpc) is 3.05. The highest BCUT2D eigenvalue weighted by molar-refractivity contribution is 5.81. The van der Waals surface area contributed by atoms with E-state index >= 15 is 0 Å². The van der Waals surface area contributed by atoms with Gasteiger partial charge in [-0.2, -0.15) is 0 Å². The first-order valence-corrected chi connectivity index (χ1v) is 8.45. The van der Waals surface area contributed by atoms with Gasteiger partial charge in [0.25, 0.3) is 0 Å². The van der Waals surface area contributed by atoms with Crippen LogP contribution in [0.15, 0.2) is 30.3 Å². The standard InChI is InChI=1S/C18H20N4O3/c23-15-5-1-3-13(9-15)14-4-2-6-21(11-14)18(24)10-16-19-20-17-12-25-8-7-22(16)17/h1,3-5,9,23H,2,6-8,10-12H2. The van der Waals surface area contributed by atoms with Gasteiger partial charge >= 0.3 is 0 Å². The molecule has 0 aliphatic carbocycles. The fraction of sp³-hybridized carbons (Fsp3) is 0.389. The quantitative estimate of drug-likeness (QED) is 0.913. The van der Waals surface area contributed by atoms with E-state index in [-0.39, 0.29) is 18.1 Å². The molecule has 1 amide bonds. The monoisotopic (exact) mass is 340 g/mol. The van der Waals surface area contributed by atoms with Crippen molar-refractivity contribution in [1.29, 1.82) is 0 Å². The molecule has 2 aliphatic heterocycles. The predicted molar refractivity (Wildman–Crippen MR) is 90.7 cm³/mol. The topological polar surface area (TPSA) is 80.5 Å². The molecule has 0 atom stereocenters. The molecule has 0 fully saturated rings. The van der Waals surface area contributed by atoms with Gasteiger partial charge in [-0.3, -0.25) is 4.79 Å². The third-order valence-corrected chi connectivity index (χ3v) is 4.62. The highest BCUT2D eigenvalue weighted by Crippen LogP contribution is 2.24. The number of nitrogens with zero attached hydrogens (tertiary/aromatic N) is 4. The van der Waals surface area contributed by atoms with Crippen molar-refractivity contribution in [3.05, 3.63) is 47.6 Å². The SMILES string of the molecule is O=C(Cc1nnc2n1CCOC2)N1CCC=C(c2cccc(O)c2)C1. The van der Waals surface area contributed by atoms with E-state index in [4.69, 9.17) is 4.74 Å². The van der Waals surface area contributed by atoms with Crippen molar-refractivity contribution in [2.45, 2.75) is 26.0 Å². The molecule has 7 heteroatoms. The largest absolute Gasteiger partial charge is 0.508 e. The van der Waals surface area contributed by atoms with Crippen LogP contribution < -0.4 is 0 Å². The number of carbonyl (C=O) groups excluding carboxylic acids is 1. The Kier molecular flexibility index (Phi) is 4.23. The van der Waals surface area contributed by atoms with Gasteiger partial charge in [-0.05, 0) is 29.7 Å². The smallest absolute Gasteiger partial charge is 0.230 e. The number of aromatic hydroxyl groups is 1. The van der Waals surface area contributed by atoms with Crippen LogP contribution >= 0.6 is 0 Å². The molecular formula is C18H20N4O3. The van der Waals surface area contributed by atoms with Crippen molar-refractivity contribution < 1.29 is 14.6 Å². The van der Waals surface area contributed by atoms with Crippen LogP contribution in [0.25, 0.3) is 5.57 Å². The lowest BCUT2D eigenvalue weighted by Gasteiger charge is -2.28. The zero-order chi connectivity index (χ0) is 17.2. The molecule has 0 unspecified atom stereocenters. The van der Waals surface area contributed by atoms with E-state index < -0.39 is 0 Å². The number of rotatable bonds is 3. The molecule has 7 nitrogen and oxygen atoms in total. The summed E-state index contributed by atoms with van der Waals surface area (Å²) in [6.45, 7) is 3.02. The van der Waals surface area contributed by atoms with Gasteiger partial charge in [-0.1, -0.05) is 18.2 Å². The number of hydrogen-bond donors (Lipinski definition) is 1. The van der Waals surface area contributed by atoms with Gasteiger partial charge in [-0.15, -0.1) is 10.2 Å². The number of ether oxygens (including phenoxy) is 1. The van der Waals surface area contributed by atoms with Crippen LogP contribution in [0.4, 0.5) is 0 Å². The molecule has 4 rings (SSSR count). The first-order valence-electron chi connectivity index (χ1n) is 8.45. The minimum absolute atomic E-state index is 0.0486. The second-order valence-electron chi connectivity index (χ2n) is 6.30. The van der Waals surface area contributed by atoms with E-state index in [0.29, 0.717) is 38.7 Å². The Balaban J connectivity index is 1.46. The highest BCUT2D eigenvalue weighted by Gasteiger charge is 2.23. The third-order valence-electron chi connectivity index (χ3n) is 4.62. The van der Waals surface area contributed by atoms with E-state index in [1.54, 1.807) is 12.1 Å². The number of phenolic OH excluding ortho intramolecular Hbond substituents is 1. The molecule has 130 valence electrons. The molecule has 25 heavy (non-hydrogen) atoms. The maximum atomic E-state index is 12.7. The van der Waals surface area contributed by atoms with Crippen LogP contribution in [0.1, 0.15) is 23.6 Å². The first kappa shape index (κ1) is 15.8. The number of phenols is 1. The number of fused-ring (bicyclic) bond motifs is 1. The van der Waals surface area contributed by atoms with E-state index in [9.17, 15) is 9.90 Å². The summed E-state index contributed by atoms with van der Waals surface area (Å²) < 4.78 is 7.34. The van der Waals surface area contributed by atoms with Gasteiger partial charge < -0.3 is 19.3 Å². The fourth-order valence-electron chi connectivity index (χ4n) is 3.31. The summed E-state index contributed by atoms with van der Waals surface area (Å²) in [6.07, 6.45) is 3.19. The van der Waals surface area contributed by atoms with E-state index in [1.807, 2.05) is 21.6 Å². The van der Waals surface area contributed by atoms with Crippen molar-refractivity contribution in [2.24, 2.45) is 0 Å². The molecule has 0 saturated carbocycles. The Morgan fingerprint density at radius 3 is 3.08 bits per heavy atom. The van der Waals surface area contributed by atoms with Crippen LogP contribution in [-0.4, -0.2) is 50.4 Å². The molecule has 0 spiro atoms. The summed E-state index contributed by atoms with van der Waals surface area (Å²) in [5, 5.41) is 17.9. The second kappa shape index (κ2) is 6.68. The average molecular weight is 340 g/mol. The van der Waals surface area contributed by atoms with E-state index in [0.717, 1.165) is 23.4 Å². The van der Waals surface area contributed by atoms with Crippen molar-refractivity contribution in [3.8, 4) is 5.75 Å². The molecular weight excluding hydrogens is 320 g/mol. The summed E-state index contributed by atoms with van der Waals surface area (Å²) in [4.78, 5) is 14.6. The lowest BCUT2D eigenvalue weighted by Crippen LogP contribution is -2.37. The minimum atomic E-state index is 0.0486. The lowest BCUT2D eigenvalue weighted by molar-refractivity contribution is -0.130. The van der Waals surface area contributed by atoms with E-state index in [1.165, 1.54) is 0 Å². The van der Waals surface area contributed by atoms with Crippen molar-refractivity contribution in [2.75, 3.05) is 19.7 Å². The van der Waals surface area contributed by atoms with Gasteiger partial charge in [-0.25, -0.2) is 0 Å². The second-order valence-corrected chi connectivity index (χ2v) is 6.30. The number of aromatic nitrogens is 3. The van der Waals surface area contributed by atoms with Gasteiger partial charge in [0.1, 0.15) is 18.2 Å². The molecule has 2 aliphatic rings. The van der Waals surface area contributed by atoms with Crippen LogP contribution in [0.3, 0.4) is 0 Å². The van der Waals surface area contributed by atoms with Crippen molar-refractivity contribution in [3.63, 3.8) is 0 Å². The molecule has 0 radical (unpaired) electrons. The van der Waals surface area contributed by atoms with Crippen LogP contribution in [0.5, 0.6) is 5.75 Å². The van der Waals surface area contributed by atoms with Gasteiger partial charge in [0.2, 0.25) is 5.91 Å². The number of amides is 1. The molecule has 0 bridgehead atoms. The first-order chi connectivity index (χ1) is 12.2. The van der Waals surface area contributed by atoms with Crippen LogP contribution in [0.2, 0.25) is 0 Å². The maximum Gasteiger partial charge on any atom is 0.230 e. The Morgan fingerprint density at radius 1 is 1.28 bits per heavy atom. The summed E-state index contributed by atoms with van der Waals surface area (Å²) in [5.74, 6) is 1.77. The van der Waals surface area contributed by atoms with Crippen molar-refractivity contribution >= 4 is 11.5 Å². The number of benzene rings is 1. The maximum absolute atomic E-state index is 12.7. The molecule has 1 aromatic heterocycles.